The predicted molar refractivity (Wildman–Crippen MR) is 101 cm³/mol. The van der Waals surface area contributed by atoms with Crippen molar-refractivity contribution in [2.45, 2.75) is 58.4 Å². The van der Waals surface area contributed by atoms with Crippen LogP contribution in [0, 0.1) is 11.2 Å². The fourth-order valence-electron chi connectivity index (χ4n) is 4.59. The van der Waals surface area contributed by atoms with Gasteiger partial charge in [-0.05, 0) is 48.8 Å². The van der Waals surface area contributed by atoms with Crippen molar-refractivity contribution < 1.29 is 9.18 Å². The molecule has 2 aliphatic heterocycles. The normalized spacial score (nSPS) is 19.0. The van der Waals surface area contributed by atoms with Crippen molar-refractivity contribution in [1.29, 1.82) is 0 Å². The van der Waals surface area contributed by atoms with Crippen molar-refractivity contribution in [2.24, 2.45) is 5.41 Å². The number of nitrogens with zero attached hydrogens (tertiary/aromatic N) is 4. The highest BCUT2D eigenvalue weighted by Gasteiger charge is 2.37. The molecule has 0 radical (unpaired) electrons. The summed E-state index contributed by atoms with van der Waals surface area (Å²) in [6, 6.07) is 6.35. The number of carbonyl (C=O) groups is 1. The van der Waals surface area contributed by atoms with Crippen LogP contribution in [0.2, 0.25) is 0 Å². The van der Waals surface area contributed by atoms with Crippen LogP contribution in [0.1, 0.15) is 49.8 Å². The van der Waals surface area contributed by atoms with Gasteiger partial charge in [0.05, 0.1) is 6.42 Å². The average molecular weight is 370 g/mol. The first-order valence-electron chi connectivity index (χ1n) is 10.0. The van der Waals surface area contributed by atoms with Gasteiger partial charge in [0.2, 0.25) is 5.91 Å². The molecular formula is C21H27FN4O. The molecule has 1 aromatic heterocycles. The Labute approximate surface area is 159 Å². The lowest BCUT2D eigenvalue weighted by Crippen LogP contribution is -2.44. The van der Waals surface area contributed by atoms with Crippen molar-refractivity contribution >= 4 is 5.91 Å². The third kappa shape index (κ3) is 3.75. The van der Waals surface area contributed by atoms with E-state index in [9.17, 15) is 9.18 Å². The Morgan fingerprint density at radius 2 is 1.93 bits per heavy atom. The zero-order valence-electron chi connectivity index (χ0n) is 16.0. The van der Waals surface area contributed by atoms with Crippen LogP contribution in [0.5, 0.6) is 0 Å². The molecule has 1 saturated heterocycles. The number of fused-ring (bicyclic) bond motifs is 1. The van der Waals surface area contributed by atoms with Crippen LogP contribution in [0.15, 0.2) is 24.3 Å². The Bertz CT molecular complexity index is 823. The Morgan fingerprint density at radius 1 is 1.15 bits per heavy atom. The van der Waals surface area contributed by atoms with Crippen LogP contribution in [0.25, 0.3) is 0 Å². The van der Waals surface area contributed by atoms with E-state index in [0.717, 1.165) is 75.4 Å². The molecule has 2 aromatic rings. The molecule has 1 amide bonds. The molecule has 0 unspecified atom stereocenters. The molecule has 0 bridgehead atoms. The number of piperidine rings is 1. The minimum absolute atomic E-state index is 0.106. The standard InChI is InChI=1S/C21H27FN4O/c1-2-18-23-24-19-6-7-21(10-13-26(18)19)8-11-25(12-9-21)20(27)15-16-4-3-5-17(22)14-16/h3-5,14H,2,6-13,15H2,1H3. The summed E-state index contributed by atoms with van der Waals surface area (Å²) in [5, 5.41) is 8.69. The van der Waals surface area contributed by atoms with E-state index in [0.29, 0.717) is 5.41 Å². The average Bonchev–Trinajstić information content (AvgIpc) is 2.99. The molecule has 0 atom stereocenters. The Balaban J connectivity index is 1.36. The SMILES string of the molecule is CCc1nnc2n1CCC1(CC2)CCN(C(=O)Cc2cccc(F)c2)CC1. The highest BCUT2D eigenvalue weighted by atomic mass is 19.1. The van der Waals surface area contributed by atoms with Gasteiger partial charge in [-0.15, -0.1) is 10.2 Å². The summed E-state index contributed by atoms with van der Waals surface area (Å²) in [6.07, 6.45) is 6.53. The van der Waals surface area contributed by atoms with E-state index < -0.39 is 0 Å². The van der Waals surface area contributed by atoms with Crippen molar-refractivity contribution in [3.8, 4) is 0 Å². The van der Waals surface area contributed by atoms with Crippen LogP contribution in [-0.2, 0) is 30.6 Å². The third-order valence-corrected chi connectivity index (χ3v) is 6.39. The summed E-state index contributed by atoms with van der Waals surface area (Å²) in [4.78, 5) is 14.6. The Hall–Kier alpha value is -2.24. The number of halogens is 1. The first kappa shape index (κ1) is 18.1. The number of aryl methyl sites for hydroxylation is 2. The first-order chi connectivity index (χ1) is 13.1. The van der Waals surface area contributed by atoms with Gasteiger partial charge < -0.3 is 9.47 Å². The molecule has 2 aliphatic rings. The molecule has 6 heteroatoms. The Morgan fingerprint density at radius 3 is 2.67 bits per heavy atom. The number of hydrogen-bond donors (Lipinski definition) is 0. The van der Waals surface area contributed by atoms with Crippen molar-refractivity contribution in [3.63, 3.8) is 0 Å². The van der Waals surface area contributed by atoms with E-state index in [-0.39, 0.29) is 18.1 Å². The van der Waals surface area contributed by atoms with Gasteiger partial charge in [-0.2, -0.15) is 0 Å². The van der Waals surface area contributed by atoms with Gasteiger partial charge in [-0.25, -0.2) is 4.39 Å². The number of carbonyl (C=O) groups excluding carboxylic acids is 1. The summed E-state index contributed by atoms with van der Waals surface area (Å²) in [5.74, 6) is 2.03. The minimum atomic E-state index is -0.283. The minimum Gasteiger partial charge on any atom is -0.342 e. The molecule has 27 heavy (non-hydrogen) atoms. The topological polar surface area (TPSA) is 51.0 Å². The molecule has 5 nitrogen and oxygen atoms in total. The van der Waals surface area contributed by atoms with E-state index >= 15 is 0 Å². The van der Waals surface area contributed by atoms with Gasteiger partial charge in [0.1, 0.15) is 17.5 Å². The number of amides is 1. The highest BCUT2D eigenvalue weighted by Crippen LogP contribution is 2.41. The van der Waals surface area contributed by atoms with Gasteiger partial charge in [-0.3, -0.25) is 4.79 Å². The zero-order chi connectivity index (χ0) is 18.9. The second kappa shape index (κ2) is 7.41. The van der Waals surface area contributed by atoms with Crippen molar-refractivity contribution in [3.05, 3.63) is 47.3 Å². The molecule has 0 saturated carbocycles. The van der Waals surface area contributed by atoms with E-state index in [4.69, 9.17) is 0 Å². The number of aromatic nitrogens is 3. The van der Waals surface area contributed by atoms with Gasteiger partial charge in [0, 0.05) is 32.5 Å². The zero-order valence-corrected chi connectivity index (χ0v) is 16.0. The van der Waals surface area contributed by atoms with Crippen LogP contribution < -0.4 is 0 Å². The van der Waals surface area contributed by atoms with Crippen molar-refractivity contribution in [2.75, 3.05) is 13.1 Å². The van der Waals surface area contributed by atoms with Gasteiger partial charge in [-0.1, -0.05) is 19.1 Å². The molecule has 1 aromatic carbocycles. The number of rotatable bonds is 3. The molecule has 144 valence electrons. The molecule has 4 rings (SSSR count). The summed E-state index contributed by atoms with van der Waals surface area (Å²) in [6.45, 7) is 4.72. The van der Waals surface area contributed by atoms with Crippen LogP contribution in [-0.4, -0.2) is 38.7 Å². The van der Waals surface area contributed by atoms with Crippen LogP contribution in [0.4, 0.5) is 4.39 Å². The molecule has 0 N–H and O–H groups in total. The fourth-order valence-corrected chi connectivity index (χ4v) is 4.59. The van der Waals surface area contributed by atoms with E-state index in [1.165, 1.54) is 12.1 Å². The summed E-state index contributed by atoms with van der Waals surface area (Å²) < 4.78 is 15.6. The van der Waals surface area contributed by atoms with Crippen LogP contribution >= 0.6 is 0 Å². The lowest BCUT2D eigenvalue weighted by molar-refractivity contribution is -0.133. The Kier molecular flexibility index (Phi) is 4.98. The molecule has 3 heterocycles. The van der Waals surface area contributed by atoms with Gasteiger partial charge in [0.25, 0.3) is 0 Å². The second-order valence-electron chi connectivity index (χ2n) is 7.98. The molecule has 1 spiro atoms. The number of hydrogen-bond acceptors (Lipinski definition) is 3. The maximum atomic E-state index is 13.3. The maximum Gasteiger partial charge on any atom is 0.226 e. The van der Waals surface area contributed by atoms with Gasteiger partial charge >= 0.3 is 0 Å². The maximum absolute atomic E-state index is 13.3. The fraction of sp³-hybridized carbons (Fsp3) is 0.571. The monoisotopic (exact) mass is 370 g/mol. The smallest absolute Gasteiger partial charge is 0.226 e. The lowest BCUT2D eigenvalue weighted by atomic mass is 9.72. The number of likely N-dealkylation sites (tertiary alicyclic amines) is 1. The predicted octanol–water partition coefficient (Wildman–Crippen LogP) is 3.17. The van der Waals surface area contributed by atoms with E-state index in [2.05, 4.69) is 21.7 Å². The quantitative estimate of drug-likeness (QED) is 0.834. The van der Waals surface area contributed by atoms with Crippen LogP contribution in [0.3, 0.4) is 0 Å². The third-order valence-electron chi connectivity index (χ3n) is 6.39. The van der Waals surface area contributed by atoms with Crippen molar-refractivity contribution in [1.82, 2.24) is 19.7 Å². The summed E-state index contributed by atoms with van der Waals surface area (Å²) >= 11 is 0. The summed E-state index contributed by atoms with van der Waals surface area (Å²) in [5.41, 5.74) is 1.06. The molecule has 1 fully saturated rings. The first-order valence-corrected chi connectivity index (χ1v) is 10.0. The van der Waals surface area contributed by atoms with Gasteiger partial charge in [0.15, 0.2) is 0 Å². The number of benzene rings is 1. The molecule has 0 aliphatic carbocycles. The molecular weight excluding hydrogens is 343 g/mol. The highest BCUT2D eigenvalue weighted by molar-refractivity contribution is 5.78. The van der Waals surface area contributed by atoms with E-state index in [1.807, 2.05) is 11.0 Å². The summed E-state index contributed by atoms with van der Waals surface area (Å²) in [7, 11) is 0. The second-order valence-corrected chi connectivity index (χ2v) is 7.98. The largest absolute Gasteiger partial charge is 0.342 e. The van der Waals surface area contributed by atoms with E-state index in [1.54, 1.807) is 6.07 Å². The lowest BCUT2D eigenvalue weighted by Gasteiger charge is -2.41.